The first-order valence-electron chi connectivity index (χ1n) is 9.10. The fraction of sp³-hybridized carbons (Fsp3) is 0.333. The number of nitrogens with one attached hydrogen (secondary N) is 1. The van der Waals surface area contributed by atoms with Crippen molar-refractivity contribution in [1.29, 1.82) is 0 Å². The summed E-state index contributed by atoms with van der Waals surface area (Å²) in [6.45, 7) is 1.86. The highest BCUT2D eigenvalue weighted by Crippen LogP contribution is 2.41. The zero-order valence-corrected chi connectivity index (χ0v) is 15.1. The number of carbonyl (C=O) groups is 2. The van der Waals surface area contributed by atoms with E-state index in [-0.39, 0.29) is 19.1 Å². The number of β-amino-alcohol motifs (C(OH)–C–C–N with tert-alkyl or cyclic N) is 1. The Hall–Kier alpha value is -2.86. The lowest BCUT2D eigenvalue weighted by Gasteiger charge is -2.23. The number of urea groups is 1. The summed E-state index contributed by atoms with van der Waals surface area (Å²) in [5.74, 6) is 0.347. The van der Waals surface area contributed by atoms with E-state index in [1.54, 1.807) is 6.07 Å². The third kappa shape index (κ3) is 3.06. The summed E-state index contributed by atoms with van der Waals surface area (Å²) in [6.07, 6.45) is 0.324. The number of hydrogen-bond acceptors (Lipinski definition) is 4. The average Bonchev–Trinajstić information content (AvgIpc) is 3.14. The summed E-state index contributed by atoms with van der Waals surface area (Å²) >= 11 is 0. The van der Waals surface area contributed by atoms with E-state index in [1.165, 1.54) is 0 Å². The largest absolute Gasteiger partial charge is 0.491 e. The lowest BCUT2D eigenvalue weighted by molar-refractivity contribution is -0.132. The Morgan fingerprint density at radius 3 is 2.85 bits per heavy atom. The molecular formula is C21H22N2O4. The van der Waals surface area contributed by atoms with Gasteiger partial charge in [-0.2, -0.15) is 0 Å². The van der Waals surface area contributed by atoms with Gasteiger partial charge in [-0.1, -0.05) is 36.4 Å². The minimum atomic E-state index is -0.995. The Balaban J connectivity index is 1.44. The fourth-order valence-electron chi connectivity index (χ4n) is 3.92. The molecule has 0 radical (unpaired) electrons. The number of fused-ring (bicyclic) bond motifs is 2. The molecule has 0 aromatic heterocycles. The van der Waals surface area contributed by atoms with Gasteiger partial charge < -0.3 is 15.2 Å². The fourth-order valence-corrected chi connectivity index (χ4v) is 3.92. The first-order valence-corrected chi connectivity index (χ1v) is 9.10. The van der Waals surface area contributed by atoms with Gasteiger partial charge in [0.15, 0.2) is 0 Å². The molecule has 6 heteroatoms. The van der Waals surface area contributed by atoms with Crippen LogP contribution in [0.25, 0.3) is 0 Å². The van der Waals surface area contributed by atoms with E-state index in [0.29, 0.717) is 12.2 Å². The Morgan fingerprint density at radius 1 is 1.22 bits per heavy atom. The summed E-state index contributed by atoms with van der Waals surface area (Å²) < 4.78 is 5.58. The second-order valence-electron chi connectivity index (χ2n) is 7.19. The van der Waals surface area contributed by atoms with Gasteiger partial charge in [0.1, 0.15) is 24.0 Å². The van der Waals surface area contributed by atoms with E-state index >= 15 is 0 Å². The van der Waals surface area contributed by atoms with Crippen LogP contribution in [0.4, 0.5) is 4.79 Å². The molecule has 140 valence electrons. The number of aliphatic hydroxyl groups is 1. The van der Waals surface area contributed by atoms with Crippen molar-refractivity contribution < 1.29 is 19.4 Å². The maximum atomic E-state index is 13.0. The number of aliphatic hydroxyl groups excluding tert-OH is 1. The highest BCUT2D eigenvalue weighted by Gasteiger charge is 2.55. The Labute approximate surface area is 157 Å². The van der Waals surface area contributed by atoms with Gasteiger partial charge in [-0.15, -0.1) is 0 Å². The lowest BCUT2D eigenvalue weighted by atomic mass is 9.92. The van der Waals surface area contributed by atoms with Crippen LogP contribution in [0.1, 0.15) is 23.1 Å². The standard InChI is InChI=1S/C21H22N2O4/c1-14-5-4-7-17(11-14)27-13-16(24)12-23-19(25)21(22-20(23)26)10-9-15-6-2-3-8-18(15)21/h2-8,11,16,24H,9-10,12-13H2,1H3,(H,22,26)/t16-,21+/m1/s1. The van der Waals surface area contributed by atoms with E-state index in [4.69, 9.17) is 4.74 Å². The number of imide groups is 1. The smallest absolute Gasteiger partial charge is 0.325 e. The van der Waals surface area contributed by atoms with Gasteiger partial charge in [0.05, 0.1) is 6.54 Å². The molecule has 1 aliphatic carbocycles. The van der Waals surface area contributed by atoms with Crippen molar-refractivity contribution in [1.82, 2.24) is 10.2 Å². The van der Waals surface area contributed by atoms with Crippen LogP contribution in [-0.4, -0.2) is 41.2 Å². The van der Waals surface area contributed by atoms with Crippen LogP contribution < -0.4 is 10.1 Å². The number of amides is 3. The van der Waals surface area contributed by atoms with Crippen LogP contribution in [-0.2, 0) is 16.8 Å². The Kier molecular flexibility index (Phi) is 4.36. The lowest BCUT2D eigenvalue weighted by Crippen LogP contribution is -2.43. The van der Waals surface area contributed by atoms with E-state index in [0.717, 1.165) is 28.0 Å². The third-order valence-corrected chi connectivity index (χ3v) is 5.25. The summed E-state index contributed by atoms with van der Waals surface area (Å²) in [7, 11) is 0. The van der Waals surface area contributed by atoms with E-state index in [2.05, 4.69) is 5.32 Å². The number of benzene rings is 2. The van der Waals surface area contributed by atoms with Gasteiger partial charge in [-0.05, 0) is 48.6 Å². The predicted octanol–water partition coefficient (Wildman–Crippen LogP) is 2.13. The first kappa shape index (κ1) is 17.5. The van der Waals surface area contributed by atoms with Crippen molar-refractivity contribution in [3.05, 3.63) is 65.2 Å². The van der Waals surface area contributed by atoms with Crippen molar-refractivity contribution >= 4 is 11.9 Å². The SMILES string of the molecule is Cc1cccc(OC[C@H](O)CN2C(=O)N[C@]3(CCc4ccccc43)C2=O)c1. The highest BCUT2D eigenvalue weighted by molar-refractivity contribution is 6.08. The monoisotopic (exact) mass is 366 g/mol. The van der Waals surface area contributed by atoms with Gasteiger partial charge >= 0.3 is 6.03 Å². The molecule has 1 saturated heterocycles. The van der Waals surface area contributed by atoms with E-state index in [9.17, 15) is 14.7 Å². The molecule has 1 heterocycles. The number of nitrogens with zero attached hydrogens (tertiary/aromatic N) is 1. The number of hydrogen-bond donors (Lipinski definition) is 2. The second kappa shape index (κ2) is 6.70. The van der Waals surface area contributed by atoms with Gasteiger partial charge in [0, 0.05) is 0 Å². The molecule has 3 amide bonds. The molecule has 4 rings (SSSR count). The van der Waals surface area contributed by atoms with Crippen molar-refractivity contribution in [2.45, 2.75) is 31.4 Å². The maximum Gasteiger partial charge on any atom is 0.325 e. The predicted molar refractivity (Wildman–Crippen MR) is 99.4 cm³/mol. The molecule has 1 aliphatic heterocycles. The van der Waals surface area contributed by atoms with Gasteiger partial charge in [0.2, 0.25) is 0 Å². The van der Waals surface area contributed by atoms with Gasteiger partial charge in [-0.3, -0.25) is 9.69 Å². The molecule has 0 bridgehead atoms. The summed E-state index contributed by atoms with van der Waals surface area (Å²) in [5, 5.41) is 13.2. The number of ether oxygens (including phenoxy) is 1. The molecule has 2 aromatic rings. The molecule has 27 heavy (non-hydrogen) atoms. The molecule has 1 spiro atoms. The average molecular weight is 366 g/mol. The number of aryl methyl sites for hydroxylation is 2. The molecule has 2 atom stereocenters. The molecule has 2 aromatic carbocycles. The van der Waals surface area contributed by atoms with Gasteiger partial charge in [0.25, 0.3) is 5.91 Å². The maximum absolute atomic E-state index is 13.0. The van der Waals surface area contributed by atoms with Crippen LogP contribution in [0.15, 0.2) is 48.5 Å². The van der Waals surface area contributed by atoms with Crippen LogP contribution in [0.5, 0.6) is 5.75 Å². The quantitative estimate of drug-likeness (QED) is 0.795. The molecule has 0 unspecified atom stereocenters. The minimum Gasteiger partial charge on any atom is -0.491 e. The molecule has 2 aliphatic rings. The number of rotatable bonds is 5. The molecule has 1 fully saturated rings. The number of carbonyl (C=O) groups excluding carboxylic acids is 2. The normalized spacial score (nSPS) is 22.1. The zero-order chi connectivity index (χ0) is 19.0. The molecule has 6 nitrogen and oxygen atoms in total. The van der Waals surface area contributed by atoms with Crippen molar-refractivity contribution in [3.8, 4) is 5.75 Å². The second-order valence-corrected chi connectivity index (χ2v) is 7.19. The Bertz CT molecular complexity index is 897. The molecule has 0 saturated carbocycles. The van der Waals surface area contributed by atoms with E-state index in [1.807, 2.05) is 49.4 Å². The van der Waals surface area contributed by atoms with Crippen LogP contribution >= 0.6 is 0 Å². The van der Waals surface area contributed by atoms with Crippen LogP contribution in [0, 0.1) is 6.92 Å². The Morgan fingerprint density at radius 2 is 2.04 bits per heavy atom. The minimum absolute atomic E-state index is 0.00407. The first-order chi connectivity index (χ1) is 13.0. The van der Waals surface area contributed by atoms with Gasteiger partial charge in [-0.25, -0.2) is 4.79 Å². The third-order valence-electron chi connectivity index (χ3n) is 5.25. The summed E-state index contributed by atoms with van der Waals surface area (Å²) in [4.78, 5) is 26.6. The van der Waals surface area contributed by atoms with Crippen LogP contribution in [0.2, 0.25) is 0 Å². The summed E-state index contributed by atoms with van der Waals surface area (Å²) in [6, 6.07) is 14.7. The summed E-state index contributed by atoms with van der Waals surface area (Å²) in [5.41, 5.74) is 2.00. The molecular weight excluding hydrogens is 344 g/mol. The van der Waals surface area contributed by atoms with Crippen molar-refractivity contribution in [3.63, 3.8) is 0 Å². The molecule has 2 N–H and O–H groups in total. The topological polar surface area (TPSA) is 78.9 Å². The van der Waals surface area contributed by atoms with Crippen LogP contribution in [0.3, 0.4) is 0 Å². The van der Waals surface area contributed by atoms with Crippen molar-refractivity contribution in [2.24, 2.45) is 0 Å². The zero-order valence-electron chi connectivity index (χ0n) is 15.1. The van der Waals surface area contributed by atoms with Crippen molar-refractivity contribution in [2.75, 3.05) is 13.2 Å². The van der Waals surface area contributed by atoms with E-state index < -0.39 is 17.7 Å². The highest BCUT2D eigenvalue weighted by atomic mass is 16.5.